The third kappa shape index (κ3) is 5.19. The molecule has 3 nitrogen and oxygen atoms in total. The van der Waals surface area contributed by atoms with Crippen LogP contribution in [-0.4, -0.2) is 29.8 Å². The Morgan fingerprint density at radius 1 is 1.41 bits per heavy atom. The normalized spacial score (nSPS) is 10.5. The van der Waals surface area contributed by atoms with Crippen molar-refractivity contribution in [2.45, 2.75) is 13.3 Å². The number of rotatable bonds is 7. The van der Waals surface area contributed by atoms with Gasteiger partial charge in [-0.25, -0.2) is 0 Å². The van der Waals surface area contributed by atoms with Gasteiger partial charge in [0.15, 0.2) is 0 Å². The van der Waals surface area contributed by atoms with E-state index in [1.807, 2.05) is 24.8 Å². The Balaban J connectivity index is 2.34. The minimum Gasteiger partial charge on any atom is -0.398 e. The molecule has 1 aromatic carbocycles. The minimum absolute atomic E-state index is 0.281. The van der Waals surface area contributed by atoms with Crippen LogP contribution < -0.4 is 11.1 Å². The summed E-state index contributed by atoms with van der Waals surface area (Å²) in [6.07, 6.45) is 0.870. The van der Waals surface area contributed by atoms with E-state index >= 15 is 0 Å². The Labute approximate surface area is 115 Å². The number of aryl methyl sites for hydroxylation is 1. The molecule has 0 atom stereocenters. The molecule has 0 fully saturated rings. The average molecular weight is 319 g/mol. The summed E-state index contributed by atoms with van der Waals surface area (Å²) in [6.45, 7) is 3.20. The predicted octanol–water partition coefficient (Wildman–Crippen LogP) is 2.87. The molecule has 17 heavy (non-hydrogen) atoms. The maximum Gasteiger partial charge on any atom is 0.0489 e. The van der Waals surface area contributed by atoms with Crippen LogP contribution in [0.4, 0.5) is 11.4 Å². The van der Waals surface area contributed by atoms with Gasteiger partial charge in [-0.3, -0.25) is 0 Å². The topological polar surface area (TPSA) is 58.3 Å². The van der Waals surface area contributed by atoms with Crippen LogP contribution in [0, 0.1) is 6.92 Å². The molecule has 0 heterocycles. The molecule has 1 rings (SSSR count). The molecule has 0 aliphatic carbocycles. The van der Waals surface area contributed by atoms with E-state index in [9.17, 15) is 0 Å². The van der Waals surface area contributed by atoms with Crippen molar-refractivity contribution in [3.8, 4) is 0 Å². The Kier molecular flexibility index (Phi) is 6.77. The van der Waals surface area contributed by atoms with Gasteiger partial charge in [0.2, 0.25) is 0 Å². The van der Waals surface area contributed by atoms with E-state index in [2.05, 4.69) is 27.3 Å². The molecule has 0 aliphatic heterocycles. The minimum atomic E-state index is 0.281. The Morgan fingerprint density at radius 3 is 2.88 bits per heavy atom. The Morgan fingerprint density at radius 2 is 2.18 bits per heavy atom. The molecule has 5 heteroatoms. The fraction of sp³-hybridized carbons (Fsp3) is 0.500. The third-order valence-electron chi connectivity index (χ3n) is 2.36. The molecule has 0 amide bonds. The molecule has 0 unspecified atom stereocenters. The summed E-state index contributed by atoms with van der Waals surface area (Å²) in [6, 6.07) is 3.98. The van der Waals surface area contributed by atoms with Gasteiger partial charge in [0, 0.05) is 34.8 Å². The number of nitrogen functional groups attached to an aromatic ring is 1. The number of thioether (sulfide) groups is 1. The van der Waals surface area contributed by atoms with Crippen LogP contribution in [0.25, 0.3) is 0 Å². The Bertz CT molecular complexity index is 361. The van der Waals surface area contributed by atoms with E-state index in [-0.39, 0.29) is 6.61 Å². The lowest BCUT2D eigenvalue weighted by Crippen LogP contribution is -2.06. The van der Waals surface area contributed by atoms with Crippen LogP contribution in [0.3, 0.4) is 0 Å². The number of nitrogens with one attached hydrogen (secondary N) is 1. The number of hydrogen-bond donors (Lipinski definition) is 3. The summed E-state index contributed by atoms with van der Waals surface area (Å²) in [4.78, 5) is 0. The van der Waals surface area contributed by atoms with Crippen molar-refractivity contribution in [3.05, 3.63) is 22.2 Å². The lowest BCUT2D eigenvalue weighted by Gasteiger charge is -2.11. The Hall–Kier alpha value is -0.390. The fourth-order valence-corrected chi connectivity index (χ4v) is 2.64. The van der Waals surface area contributed by atoms with E-state index < -0.39 is 0 Å². The highest BCUT2D eigenvalue weighted by Gasteiger charge is 2.02. The van der Waals surface area contributed by atoms with E-state index in [1.165, 1.54) is 0 Å². The number of aliphatic hydroxyl groups excluding tert-OH is 1. The van der Waals surface area contributed by atoms with E-state index in [0.29, 0.717) is 0 Å². The maximum atomic E-state index is 8.65. The second-order valence-corrected chi connectivity index (χ2v) is 5.88. The lowest BCUT2D eigenvalue weighted by atomic mass is 10.2. The highest BCUT2D eigenvalue weighted by Crippen LogP contribution is 2.27. The van der Waals surface area contributed by atoms with Gasteiger partial charge in [-0.15, -0.1) is 0 Å². The number of anilines is 2. The van der Waals surface area contributed by atoms with E-state index in [0.717, 1.165) is 45.9 Å². The van der Waals surface area contributed by atoms with Crippen molar-refractivity contribution in [2.75, 3.05) is 35.7 Å². The molecule has 96 valence electrons. The van der Waals surface area contributed by atoms with Gasteiger partial charge in [0.05, 0.1) is 0 Å². The molecule has 0 aromatic heterocycles. The van der Waals surface area contributed by atoms with Crippen molar-refractivity contribution in [1.82, 2.24) is 0 Å². The molecule has 0 radical (unpaired) electrons. The summed E-state index contributed by atoms with van der Waals surface area (Å²) < 4.78 is 1.00. The highest BCUT2D eigenvalue weighted by atomic mass is 79.9. The predicted molar refractivity (Wildman–Crippen MR) is 80.8 cm³/mol. The van der Waals surface area contributed by atoms with Crippen molar-refractivity contribution in [3.63, 3.8) is 0 Å². The van der Waals surface area contributed by atoms with Gasteiger partial charge in [-0.05, 0) is 52.7 Å². The zero-order chi connectivity index (χ0) is 12.7. The quantitative estimate of drug-likeness (QED) is 0.534. The largest absolute Gasteiger partial charge is 0.398 e. The van der Waals surface area contributed by atoms with Gasteiger partial charge in [-0.1, -0.05) is 0 Å². The van der Waals surface area contributed by atoms with Gasteiger partial charge >= 0.3 is 0 Å². The molecule has 0 saturated carbocycles. The number of halogens is 1. The average Bonchev–Trinajstić information content (AvgIpc) is 2.30. The monoisotopic (exact) mass is 318 g/mol. The van der Waals surface area contributed by atoms with Crippen LogP contribution in [0.15, 0.2) is 16.6 Å². The van der Waals surface area contributed by atoms with Crippen LogP contribution >= 0.6 is 27.7 Å². The summed E-state index contributed by atoms with van der Waals surface area (Å²) >= 11 is 5.34. The first-order valence-electron chi connectivity index (χ1n) is 5.63. The second kappa shape index (κ2) is 7.84. The molecular weight excluding hydrogens is 300 g/mol. The number of nitrogens with two attached hydrogens (primary N) is 1. The lowest BCUT2D eigenvalue weighted by molar-refractivity contribution is 0.296. The van der Waals surface area contributed by atoms with E-state index in [4.69, 9.17) is 10.8 Å². The first-order chi connectivity index (χ1) is 8.15. The van der Waals surface area contributed by atoms with Gasteiger partial charge in [-0.2, -0.15) is 11.8 Å². The van der Waals surface area contributed by atoms with Gasteiger partial charge < -0.3 is 16.2 Å². The zero-order valence-electron chi connectivity index (χ0n) is 10.0. The van der Waals surface area contributed by atoms with Crippen LogP contribution in [-0.2, 0) is 0 Å². The first-order valence-corrected chi connectivity index (χ1v) is 7.58. The molecule has 0 aliphatic rings. The smallest absolute Gasteiger partial charge is 0.0489 e. The van der Waals surface area contributed by atoms with Gasteiger partial charge in [0.25, 0.3) is 0 Å². The molecule has 0 saturated heterocycles. The van der Waals surface area contributed by atoms with Crippen LogP contribution in [0.1, 0.15) is 12.0 Å². The molecular formula is C12H19BrN2OS. The molecule has 4 N–H and O–H groups in total. The van der Waals surface area contributed by atoms with E-state index in [1.54, 1.807) is 0 Å². The number of hydrogen-bond acceptors (Lipinski definition) is 4. The van der Waals surface area contributed by atoms with Crippen molar-refractivity contribution >= 4 is 39.1 Å². The van der Waals surface area contributed by atoms with Crippen LogP contribution in [0.5, 0.6) is 0 Å². The molecule has 0 bridgehead atoms. The number of aliphatic hydroxyl groups is 1. The van der Waals surface area contributed by atoms with Crippen molar-refractivity contribution in [2.24, 2.45) is 0 Å². The third-order valence-corrected chi connectivity index (χ3v) is 4.09. The molecule has 0 spiro atoms. The fourth-order valence-electron chi connectivity index (χ4n) is 1.36. The number of benzene rings is 1. The van der Waals surface area contributed by atoms with Gasteiger partial charge in [0.1, 0.15) is 0 Å². The standard InChI is InChI=1S/C12H19BrN2OS/c1-9-7-12(10(13)8-11(9)14)15-3-6-17-5-2-4-16/h7-8,15-16H,2-6,14H2,1H3. The highest BCUT2D eigenvalue weighted by molar-refractivity contribution is 9.10. The van der Waals surface area contributed by atoms with Crippen molar-refractivity contribution in [1.29, 1.82) is 0 Å². The zero-order valence-corrected chi connectivity index (χ0v) is 12.4. The maximum absolute atomic E-state index is 8.65. The van der Waals surface area contributed by atoms with Crippen molar-refractivity contribution < 1.29 is 5.11 Å². The first kappa shape index (κ1) is 14.7. The SMILES string of the molecule is Cc1cc(NCCSCCCO)c(Br)cc1N. The summed E-state index contributed by atoms with van der Waals surface area (Å²) in [5, 5.41) is 12.0. The molecule has 1 aromatic rings. The second-order valence-electron chi connectivity index (χ2n) is 3.80. The summed E-state index contributed by atoms with van der Waals surface area (Å²) in [7, 11) is 0. The summed E-state index contributed by atoms with van der Waals surface area (Å²) in [5.41, 5.74) is 8.79. The van der Waals surface area contributed by atoms with Crippen LogP contribution in [0.2, 0.25) is 0 Å². The summed E-state index contributed by atoms with van der Waals surface area (Å²) in [5.74, 6) is 2.05.